The fraction of sp³-hybridized carbons (Fsp3) is 0.300. The molecular formula is C10H11BrN4O2. The van der Waals surface area contributed by atoms with Gasteiger partial charge in [-0.2, -0.15) is 10.1 Å². The van der Waals surface area contributed by atoms with E-state index in [0.717, 1.165) is 17.0 Å². The van der Waals surface area contributed by atoms with Crippen molar-refractivity contribution in [2.24, 2.45) is 7.05 Å². The molecule has 0 amide bonds. The first-order valence-corrected chi connectivity index (χ1v) is 5.70. The van der Waals surface area contributed by atoms with Gasteiger partial charge < -0.3 is 10.1 Å². The maximum absolute atomic E-state index is 11.5. The van der Waals surface area contributed by atoms with Crippen LogP contribution in [0.15, 0.2) is 9.27 Å². The number of aromatic amines is 1. The lowest BCUT2D eigenvalue weighted by Gasteiger charge is -2.03. The molecule has 0 aromatic carbocycles. The Morgan fingerprint density at radius 2 is 2.06 bits per heavy atom. The van der Waals surface area contributed by atoms with Crippen LogP contribution in [0.1, 0.15) is 11.4 Å². The van der Waals surface area contributed by atoms with Crippen molar-refractivity contribution in [2.45, 2.75) is 13.8 Å². The molecular weight excluding hydrogens is 288 g/mol. The van der Waals surface area contributed by atoms with Crippen molar-refractivity contribution in [3.8, 4) is 17.3 Å². The zero-order valence-corrected chi connectivity index (χ0v) is 11.2. The Kier molecular flexibility index (Phi) is 2.78. The molecule has 6 nitrogen and oxygen atoms in total. The van der Waals surface area contributed by atoms with Gasteiger partial charge in [0.25, 0.3) is 5.56 Å². The number of halogens is 1. The zero-order chi connectivity index (χ0) is 12.7. The van der Waals surface area contributed by atoms with Gasteiger partial charge in [-0.25, -0.2) is 0 Å². The highest BCUT2D eigenvalue weighted by molar-refractivity contribution is 9.10. The Morgan fingerprint density at radius 1 is 1.41 bits per heavy atom. The highest BCUT2D eigenvalue weighted by Crippen LogP contribution is 2.25. The van der Waals surface area contributed by atoms with Crippen LogP contribution in [0.2, 0.25) is 0 Å². The number of hydrogen-bond acceptors (Lipinski definition) is 4. The van der Waals surface area contributed by atoms with Gasteiger partial charge in [0.05, 0.1) is 11.3 Å². The molecule has 17 heavy (non-hydrogen) atoms. The van der Waals surface area contributed by atoms with Gasteiger partial charge in [-0.15, -0.1) is 0 Å². The molecule has 0 saturated heterocycles. The topological polar surface area (TPSA) is 83.8 Å². The minimum atomic E-state index is -0.421. The summed E-state index contributed by atoms with van der Waals surface area (Å²) in [6, 6.07) is 0. The van der Waals surface area contributed by atoms with Crippen molar-refractivity contribution >= 4 is 15.9 Å². The number of nitrogens with one attached hydrogen (secondary N) is 1. The third-order valence-electron chi connectivity index (χ3n) is 2.59. The van der Waals surface area contributed by atoms with Crippen molar-refractivity contribution < 1.29 is 5.11 Å². The second-order valence-corrected chi connectivity index (χ2v) is 4.51. The van der Waals surface area contributed by atoms with E-state index in [1.807, 2.05) is 20.9 Å². The van der Waals surface area contributed by atoms with E-state index in [-0.39, 0.29) is 10.4 Å². The quantitative estimate of drug-likeness (QED) is 0.830. The predicted molar refractivity (Wildman–Crippen MR) is 65.9 cm³/mol. The minimum Gasteiger partial charge on any atom is -0.492 e. The molecule has 0 saturated carbocycles. The summed E-state index contributed by atoms with van der Waals surface area (Å²) in [5.74, 6) is -0.00907. The summed E-state index contributed by atoms with van der Waals surface area (Å²) in [4.78, 5) is 18.1. The average molecular weight is 299 g/mol. The number of nitrogens with zero attached hydrogens (tertiary/aromatic N) is 3. The van der Waals surface area contributed by atoms with E-state index in [0.29, 0.717) is 5.82 Å². The van der Waals surface area contributed by atoms with Crippen LogP contribution in [0.25, 0.3) is 11.4 Å². The van der Waals surface area contributed by atoms with Crippen molar-refractivity contribution in [2.75, 3.05) is 0 Å². The van der Waals surface area contributed by atoms with Crippen LogP contribution in [-0.2, 0) is 7.05 Å². The van der Waals surface area contributed by atoms with Crippen molar-refractivity contribution in [3.63, 3.8) is 0 Å². The number of aromatic nitrogens is 4. The second kappa shape index (κ2) is 3.99. The van der Waals surface area contributed by atoms with Gasteiger partial charge in [-0.05, 0) is 29.8 Å². The van der Waals surface area contributed by atoms with Crippen LogP contribution < -0.4 is 5.56 Å². The van der Waals surface area contributed by atoms with Crippen LogP contribution >= 0.6 is 15.9 Å². The first-order chi connectivity index (χ1) is 7.91. The molecule has 0 aliphatic heterocycles. The first-order valence-electron chi connectivity index (χ1n) is 4.91. The van der Waals surface area contributed by atoms with Gasteiger partial charge in [-0.1, -0.05) is 0 Å². The summed E-state index contributed by atoms with van der Waals surface area (Å²) in [6.07, 6.45) is 0. The van der Waals surface area contributed by atoms with Crippen LogP contribution in [0.5, 0.6) is 5.88 Å². The lowest BCUT2D eigenvalue weighted by atomic mass is 10.2. The molecule has 2 aromatic rings. The van der Waals surface area contributed by atoms with E-state index in [9.17, 15) is 9.90 Å². The molecule has 2 heterocycles. The molecule has 0 bridgehead atoms. The molecule has 2 aromatic heterocycles. The Morgan fingerprint density at radius 3 is 2.53 bits per heavy atom. The lowest BCUT2D eigenvalue weighted by Crippen LogP contribution is -2.10. The van der Waals surface area contributed by atoms with Crippen LogP contribution in [0.4, 0.5) is 0 Å². The number of aryl methyl sites for hydroxylation is 2. The summed E-state index contributed by atoms with van der Waals surface area (Å²) in [5, 5.41) is 13.8. The first kappa shape index (κ1) is 11.8. The number of aromatic hydroxyl groups is 1. The van der Waals surface area contributed by atoms with Gasteiger partial charge in [0.1, 0.15) is 10.3 Å². The molecule has 0 atom stereocenters. The maximum Gasteiger partial charge on any atom is 0.269 e. The molecule has 0 radical (unpaired) electrons. The van der Waals surface area contributed by atoms with Gasteiger partial charge in [0.2, 0.25) is 5.88 Å². The van der Waals surface area contributed by atoms with Crippen LogP contribution in [0.3, 0.4) is 0 Å². The van der Waals surface area contributed by atoms with Gasteiger partial charge in [-0.3, -0.25) is 9.48 Å². The summed E-state index contributed by atoms with van der Waals surface area (Å²) in [7, 11) is 1.81. The Labute approximate surface area is 105 Å². The second-order valence-electron chi connectivity index (χ2n) is 3.72. The fourth-order valence-electron chi connectivity index (χ4n) is 1.68. The lowest BCUT2D eigenvalue weighted by molar-refractivity contribution is 0.448. The summed E-state index contributed by atoms with van der Waals surface area (Å²) >= 11 is 2.95. The smallest absolute Gasteiger partial charge is 0.269 e. The molecule has 2 rings (SSSR count). The van der Waals surface area contributed by atoms with E-state index < -0.39 is 5.56 Å². The van der Waals surface area contributed by atoms with Crippen molar-refractivity contribution in [1.82, 2.24) is 19.7 Å². The summed E-state index contributed by atoms with van der Waals surface area (Å²) in [6.45, 7) is 3.69. The minimum absolute atomic E-state index is 0.0282. The molecule has 0 spiro atoms. The monoisotopic (exact) mass is 298 g/mol. The number of H-pyrrole nitrogens is 1. The third-order valence-corrected chi connectivity index (χ3v) is 3.31. The Bertz CT molecular complexity index is 644. The molecule has 90 valence electrons. The van der Waals surface area contributed by atoms with E-state index >= 15 is 0 Å². The fourth-order valence-corrected chi connectivity index (χ4v) is 1.87. The molecule has 7 heteroatoms. The van der Waals surface area contributed by atoms with Crippen molar-refractivity contribution in [3.05, 3.63) is 26.2 Å². The van der Waals surface area contributed by atoms with Crippen LogP contribution in [0, 0.1) is 13.8 Å². The SMILES string of the molecule is Cc1nn(C)c(C)c1-c1nc(O)c(Br)c(=O)[nH]1. The highest BCUT2D eigenvalue weighted by atomic mass is 79.9. The average Bonchev–Trinajstić information content (AvgIpc) is 2.49. The summed E-state index contributed by atoms with van der Waals surface area (Å²) < 4.78 is 1.73. The van der Waals surface area contributed by atoms with Gasteiger partial charge >= 0.3 is 0 Å². The van der Waals surface area contributed by atoms with Gasteiger partial charge in [0, 0.05) is 12.7 Å². The maximum atomic E-state index is 11.5. The number of rotatable bonds is 1. The third kappa shape index (κ3) is 1.86. The summed E-state index contributed by atoms with van der Waals surface area (Å²) in [5.41, 5.74) is 1.92. The largest absolute Gasteiger partial charge is 0.492 e. The zero-order valence-electron chi connectivity index (χ0n) is 9.58. The highest BCUT2D eigenvalue weighted by Gasteiger charge is 2.16. The van der Waals surface area contributed by atoms with Crippen molar-refractivity contribution in [1.29, 1.82) is 0 Å². The molecule has 0 aliphatic rings. The predicted octanol–water partition coefficient (Wildman–Crippen LogP) is 1.26. The Balaban J connectivity index is 2.73. The van der Waals surface area contributed by atoms with E-state index in [1.54, 1.807) is 4.68 Å². The number of hydrogen-bond donors (Lipinski definition) is 2. The van der Waals surface area contributed by atoms with E-state index in [1.165, 1.54) is 0 Å². The standard InChI is InChI=1S/C10H11BrN4O2/c1-4-6(5(2)15(3)14-4)8-12-9(16)7(11)10(17)13-8/h1-3H3,(H2,12,13,16,17). The van der Waals surface area contributed by atoms with Gasteiger partial charge in [0.15, 0.2) is 0 Å². The van der Waals surface area contributed by atoms with E-state index in [2.05, 4.69) is 31.0 Å². The van der Waals surface area contributed by atoms with E-state index in [4.69, 9.17) is 0 Å². The van der Waals surface area contributed by atoms with Crippen LogP contribution in [-0.4, -0.2) is 24.9 Å². The normalized spacial score (nSPS) is 10.8. The Hall–Kier alpha value is -1.63. The molecule has 0 unspecified atom stereocenters. The molecule has 2 N–H and O–H groups in total. The molecule has 0 fully saturated rings. The molecule has 0 aliphatic carbocycles.